The highest BCUT2D eigenvalue weighted by molar-refractivity contribution is 7.92. The molecule has 0 aliphatic carbocycles. The van der Waals surface area contributed by atoms with Crippen molar-refractivity contribution in [1.29, 1.82) is 0 Å². The fraction of sp³-hybridized carbons (Fsp3) is 0.167. The second-order valence-corrected chi connectivity index (χ2v) is 7.43. The maximum atomic E-state index is 12.5. The van der Waals surface area contributed by atoms with Crippen LogP contribution in [-0.2, 0) is 23.5 Å². The molecule has 3 rings (SSSR count). The minimum Gasteiger partial charge on any atom is -0.319 e. The Labute approximate surface area is 142 Å². The van der Waals surface area contributed by atoms with Crippen LogP contribution in [0.2, 0.25) is 0 Å². The molecule has 0 radical (unpaired) electrons. The third-order valence-electron chi connectivity index (χ3n) is 3.71. The van der Waals surface area contributed by atoms with E-state index in [0.717, 1.165) is 16.8 Å². The average molecular weight is 341 g/mol. The second kappa shape index (κ2) is 6.49. The zero-order chi connectivity index (χ0) is 17.2. The van der Waals surface area contributed by atoms with Gasteiger partial charge in [0.15, 0.2) is 0 Å². The number of imidazole rings is 1. The summed E-state index contributed by atoms with van der Waals surface area (Å²) < 4.78 is 29.2. The summed E-state index contributed by atoms with van der Waals surface area (Å²) in [5.41, 5.74) is 2.95. The highest BCUT2D eigenvalue weighted by Gasteiger charge is 2.17. The van der Waals surface area contributed by atoms with Gasteiger partial charge in [0.2, 0.25) is 5.95 Å². The largest absolute Gasteiger partial charge is 0.319 e. The SMILES string of the molecule is Cc1ccc(S(=O)(=O)Nc2nc(Cc3ccccc3)cn2C)cc1. The van der Waals surface area contributed by atoms with Gasteiger partial charge in [0.1, 0.15) is 0 Å². The molecule has 0 saturated heterocycles. The van der Waals surface area contributed by atoms with Crippen molar-refractivity contribution in [3.8, 4) is 0 Å². The lowest BCUT2D eigenvalue weighted by atomic mass is 10.1. The molecule has 1 aromatic heterocycles. The maximum Gasteiger partial charge on any atom is 0.264 e. The van der Waals surface area contributed by atoms with Crippen LogP contribution in [0, 0.1) is 6.92 Å². The zero-order valence-corrected chi connectivity index (χ0v) is 14.4. The van der Waals surface area contributed by atoms with Crippen molar-refractivity contribution < 1.29 is 8.42 Å². The summed E-state index contributed by atoms with van der Waals surface area (Å²) in [5.74, 6) is 0.307. The highest BCUT2D eigenvalue weighted by atomic mass is 32.2. The van der Waals surface area contributed by atoms with E-state index in [-0.39, 0.29) is 4.90 Å². The summed E-state index contributed by atoms with van der Waals surface area (Å²) in [6.07, 6.45) is 2.49. The Bertz CT molecular complexity index is 930. The fourth-order valence-electron chi connectivity index (χ4n) is 2.41. The van der Waals surface area contributed by atoms with Crippen LogP contribution >= 0.6 is 0 Å². The molecular weight excluding hydrogens is 322 g/mol. The van der Waals surface area contributed by atoms with Gasteiger partial charge in [0.05, 0.1) is 10.6 Å². The lowest BCUT2D eigenvalue weighted by Crippen LogP contribution is -2.15. The maximum absolute atomic E-state index is 12.5. The number of benzene rings is 2. The van der Waals surface area contributed by atoms with E-state index in [1.54, 1.807) is 35.9 Å². The Morgan fingerprint density at radius 1 is 1.04 bits per heavy atom. The van der Waals surface area contributed by atoms with E-state index >= 15 is 0 Å². The monoisotopic (exact) mass is 341 g/mol. The van der Waals surface area contributed by atoms with Crippen LogP contribution in [0.4, 0.5) is 5.95 Å². The second-order valence-electron chi connectivity index (χ2n) is 5.75. The lowest BCUT2D eigenvalue weighted by Gasteiger charge is -2.07. The number of aromatic nitrogens is 2. The third-order valence-corrected chi connectivity index (χ3v) is 5.06. The van der Waals surface area contributed by atoms with Gasteiger partial charge in [-0.3, -0.25) is 0 Å². The van der Waals surface area contributed by atoms with E-state index in [2.05, 4.69) is 9.71 Å². The van der Waals surface area contributed by atoms with Crippen LogP contribution in [-0.4, -0.2) is 18.0 Å². The minimum atomic E-state index is -3.65. The molecule has 1 heterocycles. The molecule has 0 amide bonds. The molecule has 0 aliphatic heterocycles. The number of nitrogens with one attached hydrogen (secondary N) is 1. The molecule has 0 bridgehead atoms. The molecule has 0 aliphatic rings. The van der Waals surface area contributed by atoms with Crippen LogP contribution in [0.1, 0.15) is 16.8 Å². The molecular formula is C18H19N3O2S. The van der Waals surface area contributed by atoms with Gasteiger partial charge in [-0.2, -0.15) is 0 Å². The first kappa shape index (κ1) is 16.3. The van der Waals surface area contributed by atoms with Crippen LogP contribution in [0.5, 0.6) is 0 Å². The molecule has 2 aromatic carbocycles. The van der Waals surface area contributed by atoms with E-state index in [4.69, 9.17) is 0 Å². The number of aryl methyl sites for hydroxylation is 2. The molecule has 0 atom stereocenters. The molecule has 0 spiro atoms. The van der Waals surface area contributed by atoms with Gasteiger partial charge in [0.25, 0.3) is 10.0 Å². The highest BCUT2D eigenvalue weighted by Crippen LogP contribution is 2.17. The first-order chi connectivity index (χ1) is 11.4. The number of hydrogen-bond donors (Lipinski definition) is 1. The number of nitrogens with zero attached hydrogens (tertiary/aromatic N) is 2. The summed E-state index contributed by atoms with van der Waals surface area (Å²) in [6.45, 7) is 1.92. The van der Waals surface area contributed by atoms with Crippen molar-refractivity contribution in [2.24, 2.45) is 7.05 Å². The van der Waals surface area contributed by atoms with Gasteiger partial charge in [-0.05, 0) is 24.6 Å². The Morgan fingerprint density at radius 3 is 2.38 bits per heavy atom. The topological polar surface area (TPSA) is 64.0 Å². The van der Waals surface area contributed by atoms with Crippen LogP contribution in [0.3, 0.4) is 0 Å². The lowest BCUT2D eigenvalue weighted by molar-refractivity contribution is 0.600. The van der Waals surface area contributed by atoms with Gasteiger partial charge in [0, 0.05) is 19.7 Å². The van der Waals surface area contributed by atoms with Crippen molar-refractivity contribution >= 4 is 16.0 Å². The van der Waals surface area contributed by atoms with E-state index in [1.165, 1.54) is 0 Å². The molecule has 3 aromatic rings. The number of rotatable bonds is 5. The van der Waals surface area contributed by atoms with Crippen molar-refractivity contribution in [2.75, 3.05) is 4.72 Å². The average Bonchev–Trinajstić information content (AvgIpc) is 2.87. The summed E-state index contributed by atoms with van der Waals surface area (Å²) >= 11 is 0. The van der Waals surface area contributed by atoms with Gasteiger partial charge in [-0.15, -0.1) is 0 Å². The predicted molar refractivity (Wildman–Crippen MR) is 94.4 cm³/mol. The van der Waals surface area contributed by atoms with Crippen LogP contribution in [0.15, 0.2) is 65.7 Å². The Morgan fingerprint density at radius 2 is 1.71 bits per heavy atom. The number of sulfonamides is 1. The Hall–Kier alpha value is -2.60. The molecule has 5 nitrogen and oxygen atoms in total. The van der Waals surface area contributed by atoms with Gasteiger partial charge in [-0.25, -0.2) is 18.1 Å². The fourth-order valence-corrected chi connectivity index (χ4v) is 3.45. The van der Waals surface area contributed by atoms with Gasteiger partial charge < -0.3 is 4.57 Å². The first-order valence-electron chi connectivity index (χ1n) is 7.60. The van der Waals surface area contributed by atoms with E-state index < -0.39 is 10.0 Å². The molecule has 0 unspecified atom stereocenters. The van der Waals surface area contributed by atoms with E-state index in [1.807, 2.05) is 43.5 Å². The van der Waals surface area contributed by atoms with Crippen molar-refractivity contribution in [1.82, 2.24) is 9.55 Å². The normalized spacial score (nSPS) is 11.4. The smallest absolute Gasteiger partial charge is 0.264 e. The standard InChI is InChI=1S/C18H19N3O2S/c1-14-8-10-17(11-9-14)24(22,23)20-18-19-16(13-21(18)2)12-15-6-4-3-5-7-15/h3-11,13H,12H2,1-2H3,(H,19,20). The van der Waals surface area contributed by atoms with Gasteiger partial charge >= 0.3 is 0 Å². The predicted octanol–water partition coefficient (Wildman–Crippen LogP) is 3.12. The first-order valence-corrected chi connectivity index (χ1v) is 9.08. The molecule has 24 heavy (non-hydrogen) atoms. The molecule has 1 N–H and O–H groups in total. The summed E-state index contributed by atoms with van der Waals surface area (Å²) in [6, 6.07) is 16.7. The van der Waals surface area contributed by atoms with E-state index in [9.17, 15) is 8.42 Å². The van der Waals surface area contributed by atoms with E-state index in [0.29, 0.717) is 12.4 Å². The zero-order valence-electron chi connectivity index (χ0n) is 13.6. The third kappa shape index (κ3) is 3.65. The van der Waals surface area contributed by atoms with Crippen LogP contribution < -0.4 is 4.72 Å². The van der Waals surface area contributed by atoms with Gasteiger partial charge in [-0.1, -0.05) is 48.0 Å². The summed E-state index contributed by atoms with van der Waals surface area (Å²) in [7, 11) is -1.87. The molecule has 124 valence electrons. The number of anilines is 1. The summed E-state index contributed by atoms with van der Waals surface area (Å²) in [5, 5.41) is 0. The molecule has 0 fully saturated rings. The van der Waals surface area contributed by atoms with Crippen molar-refractivity contribution in [3.63, 3.8) is 0 Å². The summed E-state index contributed by atoms with van der Waals surface area (Å²) in [4.78, 5) is 4.63. The number of hydrogen-bond acceptors (Lipinski definition) is 3. The molecule has 0 saturated carbocycles. The van der Waals surface area contributed by atoms with Crippen LogP contribution in [0.25, 0.3) is 0 Å². The van der Waals surface area contributed by atoms with Crippen molar-refractivity contribution in [2.45, 2.75) is 18.2 Å². The molecule has 6 heteroatoms. The quantitative estimate of drug-likeness (QED) is 0.775. The van der Waals surface area contributed by atoms with Crippen molar-refractivity contribution in [3.05, 3.63) is 77.6 Å². The Balaban J connectivity index is 1.81. The minimum absolute atomic E-state index is 0.223. The Kier molecular flexibility index (Phi) is 4.40.